The van der Waals surface area contributed by atoms with Crippen LogP contribution in [-0.4, -0.2) is 22.6 Å². The van der Waals surface area contributed by atoms with Gasteiger partial charge in [0.05, 0.1) is 11.9 Å². The number of benzene rings is 1. The Morgan fingerprint density at radius 2 is 1.96 bits per heavy atom. The number of rotatable bonds is 7. The molecule has 6 nitrogen and oxygen atoms in total. The molecule has 2 amide bonds. The maximum absolute atomic E-state index is 12.4. The van der Waals surface area contributed by atoms with Crippen molar-refractivity contribution in [2.45, 2.75) is 32.6 Å². The van der Waals surface area contributed by atoms with E-state index in [1.54, 1.807) is 37.3 Å². The highest BCUT2D eigenvalue weighted by Gasteiger charge is 2.25. The fourth-order valence-electron chi connectivity index (χ4n) is 2.86. The molecule has 0 aliphatic heterocycles. The summed E-state index contributed by atoms with van der Waals surface area (Å²) in [5, 5.41) is 5.54. The van der Waals surface area contributed by atoms with Crippen LogP contribution in [0.5, 0.6) is 0 Å². The van der Waals surface area contributed by atoms with Gasteiger partial charge in [0.2, 0.25) is 11.8 Å². The van der Waals surface area contributed by atoms with Crippen molar-refractivity contribution in [2.24, 2.45) is 11.8 Å². The smallest absolute Gasteiger partial charge is 0.228 e. The Kier molecular flexibility index (Phi) is 6.57. The molecule has 1 aliphatic rings. The molecule has 1 fully saturated rings. The minimum atomic E-state index is -0.494. The SMILES string of the molecule is CC(CC(=O)c1cccc(Br)c1)C(=O)Nc1ccc(NC(=O)C2CCC2)cn1. The van der Waals surface area contributed by atoms with E-state index in [2.05, 4.69) is 31.5 Å². The molecule has 2 N–H and O–H groups in total. The molecule has 1 aliphatic carbocycles. The minimum absolute atomic E-state index is 0.0181. The second kappa shape index (κ2) is 9.10. The molecule has 0 bridgehead atoms. The van der Waals surface area contributed by atoms with Gasteiger partial charge in [0.25, 0.3) is 0 Å². The first-order valence-electron chi connectivity index (χ1n) is 9.29. The summed E-state index contributed by atoms with van der Waals surface area (Å²) in [4.78, 5) is 40.8. The van der Waals surface area contributed by atoms with Gasteiger partial charge in [0, 0.05) is 28.3 Å². The van der Waals surface area contributed by atoms with Gasteiger partial charge in [0.1, 0.15) is 5.82 Å². The zero-order valence-corrected chi connectivity index (χ0v) is 17.2. The Bertz CT molecular complexity index is 879. The number of halogens is 1. The highest BCUT2D eigenvalue weighted by Crippen LogP contribution is 2.27. The number of ketones is 1. The van der Waals surface area contributed by atoms with Gasteiger partial charge in [0.15, 0.2) is 5.78 Å². The molecule has 0 saturated heterocycles. The molecule has 3 rings (SSSR count). The van der Waals surface area contributed by atoms with Gasteiger partial charge in [-0.2, -0.15) is 0 Å². The molecule has 0 radical (unpaired) electrons. The van der Waals surface area contributed by atoms with Crippen LogP contribution in [0.1, 0.15) is 43.0 Å². The number of hydrogen-bond donors (Lipinski definition) is 2. The molecule has 1 saturated carbocycles. The molecule has 1 aromatic heterocycles. The van der Waals surface area contributed by atoms with Crippen LogP contribution >= 0.6 is 15.9 Å². The highest BCUT2D eigenvalue weighted by atomic mass is 79.9. The number of Topliss-reactive ketones (excluding diaryl/α,β-unsaturated/α-hetero) is 1. The van der Waals surface area contributed by atoms with Crippen molar-refractivity contribution in [2.75, 3.05) is 10.6 Å². The molecule has 146 valence electrons. The van der Waals surface area contributed by atoms with E-state index in [0.29, 0.717) is 17.1 Å². The average molecular weight is 444 g/mol. The fraction of sp³-hybridized carbons (Fsp3) is 0.333. The van der Waals surface area contributed by atoms with Crippen molar-refractivity contribution in [3.05, 3.63) is 52.6 Å². The van der Waals surface area contributed by atoms with E-state index in [4.69, 9.17) is 0 Å². The Morgan fingerprint density at radius 3 is 2.57 bits per heavy atom. The average Bonchev–Trinajstić information content (AvgIpc) is 2.61. The van der Waals surface area contributed by atoms with Gasteiger partial charge in [-0.1, -0.05) is 41.4 Å². The summed E-state index contributed by atoms with van der Waals surface area (Å²) in [6, 6.07) is 10.4. The standard InChI is InChI=1S/C21H22BrN3O3/c1-13(10-18(26)15-6-3-7-16(22)11-15)20(27)25-19-9-8-17(12-23-19)24-21(28)14-4-2-5-14/h3,6-9,11-14H,2,4-5,10H2,1H3,(H,24,28)(H,23,25,27). The van der Waals surface area contributed by atoms with Gasteiger partial charge in [-0.05, 0) is 37.1 Å². The molecule has 2 aromatic rings. The summed E-state index contributed by atoms with van der Waals surface area (Å²) in [5.41, 5.74) is 1.17. The third kappa shape index (κ3) is 5.25. The lowest BCUT2D eigenvalue weighted by atomic mass is 9.85. The van der Waals surface area contributed by atoms with Crippen LogP contribution in [0.3, 0.4) is 0 Å². The largest absolute Gasteiger partial charge is 0.324 e. The van der Waals surface area contributed by atoms with E-state index in [9.17, 15) is 14.4 Å². The van der Waals surface area contributed by atoms with Crippen LogP contribution < -0.4 is 10.6 Å². The lowest BCUT2D eigenvalue weighted by Gasteiger charge is -2.23. The van der Waals surface area contributed by atoms with E-state index in [1.807, 2.05) is 6.07 Å². The second-order valence-electron chi connectivity index (χ2n) is 7.08. The molecule has 1 heterocycles. The van der Waals surface area contributed by atoms with Gasteiger partial charge < -0.3 is 10.6 Å². The lowest BCUT2D eigenvalue weighted by molar-refractivity contribution is -0.122. The molecule has 1 unspecified atom stereocenters. The molecule has 28 heavy (non-hydrogen) atoms. The maximum Gasteiger partial charge on any atom is 0.228 e. The Balaban J connectivity index is 1.51. The first-order valence-corrected chi connectivity index (χ1v) is 10.1. The van der Waals surface area contributed by atoms with E-state index in [1.165, 1.54) is 6.20 Å². The van der Waals surface area contributed by atoms with Crippen molar-refractivity contribution in [3.8, 4) is 0 Å². The first-order chi connectivity index (χ1) is 13.4. The monoisotopic (exact) mass is 443 g/mol. The van der Waals surface area contributed by atoms with Crippen molar-refractivity contribution in [1.82, 2.24) is 4.98 Å². The number of nitrogens with one attached hydrogen (secondary N) is 2. The van der Waals surface area contributed by atoms with Crippen molar-refractivity contribution in [1.29, 1.82) is 0 Å². The summed E-state index contributed by atoms with van der Waals surface area (Å²) < 4.78 is 0.823. The van der Waals surface area contributed by atoms with Crippen LogP contribution in [-0.2, 0) is 9.59 Å². The summed E-state index contributed by atoms with van der Waals surface area (Å²) in [6.07, 6.45) is 4.60. The van der Waals surface area contributed by atoms with E-state index >= 15 is 0 Å². The van der Waals surface area contributed by atoms with E-state index < -0.39 is 5.92 Å². The van der Waals surface area contributed by atoms with Crippen molar-refractivity contribution in [3.63, 3.8) is 0 Å². The highest BCUT2D eigenvalue weighted by molar-refractivity contribution is 9.10. The summed E-state index contributed by atoms with van der Waals surface area (Å²) in [7, 11) is 0. The fourth-order valence-corrected chi connectivity index (χ4v) is 3.26. The quantitative estimate of drug-likeness (QED) is 0.619. The van der Waals surface area contributed by atoms with E-state index in [-0.39, 0.29) is 29.9 Å². The summed E-state index contributed by atoms with van der Waals surface area (Å²) in [6.45, 7) is 1.71. The molecule has 1 atom stereocenters. The third-order valence-electron chi connectivity index (χ3n) is 4.84. The zero-order valence-electron chi connectivity index (χ0n) is 15.6. The summed E-state index contributed by atoms with van der Waals surface area (Å²) in [5.74, 6) is -0.361. The number of amides is 2. The Hall–Kier alpha value is -2.54. The van der Waals surface area contributed by atoms with Crippen molar-refractivity contribution < 1.29 is 14.4 Å². The number of hydrogen-bond acceptors (Lipinski definition) is 4. The number of anilines is 2. The lowest BCUT2D eigenvalue weighted by Crippen LogP contribution is -2.28. The predicted octanol–water partition coefficient (Wildman–Crippen LogP) is 4.43. The molecule has 1 aromatic carbocycles. The molecule has 0 spiro atoms. The predicted molar refractivity (Wildman–Crippen MR) is 111 cm³/mol. The van der Waals surface area contributed by atoms with Crippen molar-refractivity contribution >= 4 is 45.0 Å². The number of pyridine rings is 1. The molecule has 7 heteroatoms. The van der Waals surface area contributed by atoms with Crippen LogP contribution in [0, 0.1) is 11.8 Å². The van der Waals surface area contributed by atoms with Gasteiger partial charge in [-0.15, -0.1) is 0 Å². The number of carbonyl (C=O) groups excluding carboxylic acids is 3. The van der Waals surface area contributed by atoms with Crippen LogP contribution in [0.25, 0.3) is 0 Å². The van der Waals surface area contributed by atoms with Gasteiger partial charge in [-0.25, -0.2) is 4.98 Å². The Labute approximate surface area is 172 Å². The third-order valence-corrected chi connectivity index (χ3v) is 5.34. The zero-order chi connectivity index (χ0) is 20.1. The summed E-state index contributed by atoms with van der Waals surface area (Å²) >= 11 is 3.34. The van der Waals surface area contributed by atoms with Crippen LogP contribution in [0.2, 0.25) is 0 Å². The van der Waals surface area contributed by atoms with Crippen LogP contribution in [0.15, 0.2) is 47.1 Å². The molecular weight excluding hydrogens is 422 g/mol. The van der Waals surface area contributed by atoms with Crippen LogP contribution in [0.4, 0.5) is 11.5 Å². The first kappa shape index (κ1) is 20.2. The second-order valence-corrected chi connectivity index (χ2v) is 7.99. The van der Waals surface area contributed by atoms with E-state index in [0.717, 1.165) is 23.7 Å². The Morgan fingerprint density at radius 1 is 1.18 bits per heavy atom. The van der Waals surface area contributed by atoms with Gasteiger partial charge >= 0.3 is 0 Å². The number of aromatic nitrogens is 1. The number of carbonyl (C=O) groups is 3. The normalized spacial score (nSPS) is 14.6. The molecular formula is C21H22BrN3O3. The maximum atomic E-state index is 12.4. The van der Waals surface area contributed by atoms with Gasteiger partial charge in [-0.3, -0.25) is 14.4 Å². The topological polar surface area (TPSA) is 88.2 Å². The minimum Gasteiger partial charge on any atom is -0.324 e. The number of nitrogens with zero attached hydrogens (tertiary/aromatic N) is 1.